The molecule has 104 valence electrons. The molecule has 1 aliphatic rings. The first-order valence-corrected chi connectivity index (χ1v) is 7.26. The second-order valence-corrected chi connectivity index (χ2v) is 5.20. The van der Waals surface area contributed by atoms with Gasteiger partial charge in [-0.2, -0.15) is 0 Å². The lowest BCUT2D eigenvalue weighted by molar-refractivity contribution is -0.128. The summed E-state index contributed by atoms with van der Waals surface area (Å²) < 4.78 is 5.44. The topological polar surface area (TPSA) is 33.5 Å². The van der Waals surface area contributed by atoms with Gasteiger partial charge in [-0.3, -0.25) is 4.79 Å². The van der Waals surface area contributed by atoms with Gasteiger partial charge in [0.15, 0.2) is 0 Å². The van der Waals surface area contributed by atoms with E-state index in [2.05, 4.69) is 6.92 Å². The number of aryl methyl sites for hydroxylation is 1. The van der Waals surface area contributed by atoms with Crippen molar-refractivity contribution in [3.05, 3.63) is 29.7 Å². The van der Waals surface area contributed by atoms with Gasteiger partial charge in [0.2, 0.25) is 5.91 Å². The first-order chi connectivity index (χ1) is 9.20. The van der Waals surface area contributed by atoms with Crippen molar-refractivity contribution in [1.29, 1.82) is 0 Å². The highest BCUT2D eigenvalue weighted by atomic mass is 16.3. The molecule has 1 aliphatic carbocycles. The third-order valence-electron chi connectivity index (χ3n) is 3.79. The Morgan fingerprint density at radius 2 is 2.11 bits per heavy atom. The fourth-order valence-electron chi connectivity index (χ4n) is 2.78. The van der Waals surface area contributed by atoms with Crippen molar-refractivity contribution in [3.8, 4) is 0 Å². The van der Waals surface area contributed by atoms with E-state index in [-0.39, 0.29) is 5.91 Å². The predicted molar refractivity (Wildman–Crippen MR) is 76.7 cm³/mol. The maximum absolute atomic E-state index is 12.3. The molecule has 3 nitrogen and oxygen atoms in total. The van der Waals surface area contributed by atoms with Gasteiger partial charge in [0.1, 0.15) is 11.5 Å². The van der Waals surface area contributed by atoms with E-state index in [0.717, 1.165) is 30.9 Å². The van der Waals surface area contributed by atoms with Crippen LogP contribution >= 0.6 is 0 Å². The highest BCUT2D eigenvalue weighted by Crippen LogP contribution is 2.22. The summed E-state index contributed by atoms with van der Waals surface area (Å²) in [6.45, 7) is 4.74. The molecule has 1 fully saturated rings. The first kappa shape index (κ1) is 13.9. The van der Waals surface area contributed by atoms with Crippen LogP contribution in [-0.2, 0) is 4.79 Å². The van der Waals surface area contributed by atoms with Crippen LogP contribution in [0.3, 0.4) is 0 Å². The number of carbonyl (C=O) groups excluding carboxylic acids is 1. The third kappa shape index (κ3) is 3.72. The lowest BCUT2D eigenvalue weighted by Crippen LogP contribution is -2.40. The van der Waals surface area contributed by atoms with E-state index in [9.17, 15) is 4.79 Å². The van der Waals surface area contributed by atoms with E-state index in [0.29, 0.717) is 6.04 Å². The molecule has 1 aromatic rings. The number of hydrogen-bond acceptors (Lipinski definition) is 2. The van der Waals surface area contributed by atoms with Crippen molar-refractivity contribution in [2.24, 2.45) is 0 Å². The van der Waals surface area contributed by atoms with E-state index in [1.165, 1.54) is 19.3 Å². The molecule has 1 amide bonds. The summed E-state index contributed by atoms with van der Waals surface area (Å²) in [5.41, 5.74) is 0. The summed E-state index contributed by atoms with van der Waals surface area (Å²) >= 11 is 0. The Balaban J connectivity index is 1.98. The molecule has 0 atom stereocenters. The molecule has 0 radical (unpaired) electrons. The summed E-state index contributed by atoms with van der Waals surface area (Å²) in [5.74, 6) is 1.71. The Morgan fingerprint density at radius 3 is 2.68 bits per heavy atom. The molecule has 3 heteroatoms. The zero-order valence-electron chi connectivity index (χ0n) is 11.9. The van der Waals surface area contributed by atoms with Gasteiger partial charge in [-0.05, 0) is 44.9 Å². The summed E-state index contributed by atoms with van der Waals surface area (Å²) in [5, 5.41) is 0. The van der Waals surface area contributed by atoms with E-state index in [1.807, 2.05) is 24.0 Å². The highest BCUT2D eigenvalue weighted by molar-refractivity contribution is 5.91. The summed E-state index contributed by atoms with van der Waals surface area (Å²) in [7, 11) is 0. The van der Waals surface area contributed by atoms with Crippen LogP contribution in [0.15, 0.2) is 22.6 Å². The van der Waals surface area contributed by atoms with Crippen molar-refractivity contribution in [2.75, 3.05) is 6.54 Å². The lowest BCUT2D eigenvalue weighted by Gasteiger charge is -2.32. The summed E-state index contributed by atoms with van der Waals surface area (Å²) in [4.78, 5) is 14.2. The molecule has 0 unspecified atom stereocenters. The fourth-order valence-corrected chi connectivity index (χ4v) is 2.78. The minimum Gasteiger partial charge on any atom is -0.462 e. The van der Waals surface area contributed by atoms with Crippen LogP contribution in [0.2, 0.25) is 0 Å². The lowest BCUT2D eigenvalue weighted by atomic mass is 9.94. The number of furan rings is 1. The Kier molecular flexibility index (Phi) is 4.83. The molecule has 0 spiro atoms. The Bertz CT molecular complexity index is 441. The minimum atomic E-state index is 0.100. The van der Waals surface area contributed by atoms with Crippen LogP contribution in [0.1, 0.15) is 50.5 Å². The Morgan fingerprint density at radius 1 is 1.37 bits per heavy atom. The first-order valence-electron chi connectivity index (χ1n) is 7.26. The zero-order chi connectivity index (χ0) is 13.7. The zero-order valence-corrected chi connectivity index (χ0v) is 11.9. The average Bonchev–Trinajstić information content (AvgIpc) is 2.84. The van der Waals surface area contributed by atoms with Crippen molar-refractivity contribution in [3.63, 3.8) is 0 Å². The number of rotatable bonds is 4. The summed E-state index contributed by atoms with van der Waals surface area (Å²) in [6, 6.07) is 4.22. The van der Waals surface area contributed by atoms with Gasteiger partial charge in [-0.1, -0.05) is 19.3 Å². The summed E-state index contributed by atoms with van der Waals surface area (Å²) in [6.07, 6.45) is 9.49. The van der Waals surface area contributed by atoms with Gasteiger partial charge < -0.3 is 9.32 Å². The number of amides is 1. The second-order valence-electron chi connectivity index (χ2n) is 5.20. The minimum absolute atomic E-state index is 0.100. The Hall–Kier alpha value is -1.51. The van der Waals surface area contributed by atoms with E-state index < -0.39 is 0 Å². The van der Waals surface area contributed by atoms with Crippen molar-refractivity contribution in [2.45, 2.75) is 52.0 Å². The van der Waals surface area contributed by atoms with Gasteiger partial charge in [0.05, 0.1) is 0 Å². The van der Waals surface area contributed by atoms with E-state index in [1.54, 1.807) is 12.2 Å². The third-order valence-corrected chi connectivity index (χ3v) is 3.79. The Labute approximate surface area is 115 Å². The van der Waals surface area contributed by atoms with Gasteiger partial charge in [0.25, 0.3) is 0 Å². The van der Waals surface area contributed by atoms with Gasteiger partial charge in [0, 0.05) is 18.7 Å². The number of likely N-dealkylation sites (N-methyl/N-ethyl adjacent to an activating group) is 1. The van der Waals surface area contributed by atoms with Gasteiger partial charge >= 0.3 is 0 Å². The molecule has 0 N–H and O–H groups in total. The number of carbonyl (C=O) groups is 1. The molecule has 19 heavy (non-hydrogen) atoms. The van der Waals surface area contributed by atoms with Crippen LogP contribution in [0.5, 0.6) is 0 Å². The number of nitrogens with zero attached hydrogens (tertiary/aromatic N) is 1. The molecule has 2 rings (SSSR count). The quantitative estimate of drug-likeness (QED) is 0.773. The molecule has 1 heterocycles. The van der Waals surface area contributed by atoms with E-state index >= 15 is 0 Å². The SMILES string of the molecule is CCN(C(=O)/C=C/c1ccc(C)o1)C1CCCCC1. The monoisotopic (exact) mass is 261 g/mol. The molecule has 1 saturated carbocycles. The van der Waals surface area contributed by atoms with Crippen LogP contribution in [0.4, 0.5) is 0 Å². The molecule has 0 aliphatic heterocycles. The van der Waals surface area contributed by atoms with Crippen LogP contribution in [0.25, 0.3) is 6.08 Å². The van der Waals surface area contributed by atoms with Crippen molar-refractivity contribution in [1.82, 2.24) is 4.90 Å². The average molecular weight is 261 g/mol. The van der Waals surface area contributed by atoms with Crippen LogP contribution in [0, 0.1) is 6.92 Å². The van der Waals surface area contributed by atoms with Crippen molar-refractivity contribution >= 4 is 12.0 Å². The highest BCUT2D eigenvalue weighted by Gasteiger charge is 2.22. The normalized spacial score (nSPS) is 16.9. The van der Waals surface area contributed by atoms with Gasteiger partial charge in [-0.15, -0.1) is 0 Å². The smallest absolute Gasteiger partial charge is 0.246 e. The van der Waals surface area contributed by atoms with Crippen molar-refractivity contribution < 1.29 is 9.21 Å². The van der Waals surface area contributed by atoms with E-state index in [4.69, 9.17) is 4.42 Å². The number of hydrogen-bond donors (Lipinski definition) is 0. The molecular weight excluding hydrogens is 238 g/mol. The maximum Gasteiger partial charge on any atom is 0.246 e. The van der Waals surface area contributed by atoms with Crippen LogP contribution in [-0.4, -0.2) is 23.4 Å². The molecule has 0 bridgehead atoms. The standard InChI is InChI=1S/C16H23NO2/c1-3-17(14-7-5-4-6-8-14)16(18)12-11-15-10-9-13(2)19-15/h9-12,14H,3-8H2,1-2H3/b12-11+. The van der Waals surface area contributed by atoms with Crippen LogP contribution < -0.4 is 0 Å². The predicted octanol–water partition coefficient (Wildman–Crippen LogP) is 3.78. The van der Waals surface area contributed by atoms with Gasteiger partial charge in [-0.25, -0.2) is 0 Å². The second kappa shape index (κ2) is 6.60. The largest absolute Gasteiger partial charge is 0.462 e. The molecular formula is C16H23NO2. The molecule has 0 aromatic carbocycles. The fraction of sp³-hybridized carbons (Fsp3) is 0.562. The maximum atomic E-state index is 12.3. The molecule has 1 aromatic heterocycles. The molecule has 0 saturated heterocycles.